The number of amides is 1. The lowest BCUT2D eigenvalue weighted by Gasteiger charge is -2.21. The highest BCUT2D eigenvalue weighted by atomic mass is 16.4. The molecule has 2 heterocycles. The molecule has 0 spiro atoms. The Morgan fingerprint density at radius 2 is 2.10 bits per heavy atom. The topological polar surface area (TPSA) is 101 Å². The van der Waals surface area contributed by atoms with E-state index >= 15 is 0 Å². The third-order valence-electron chi connectivity index (χ3n) is 3.24. The van der Waals surface area contributed by atoms with Gasteiger partial charge in [0.25, 0.3) is 11.7 Å². The van der Waals surface area contributed by atoms with Crippen molar-refractivity contribution in [2.24, 2.45) is 0 Å². The zero-order chi connectivity index (χ0) is 15.4. The van der Waals surface area contributed by atoms with E-state index in [4.69, 9.17) is 5.11 Å². The minimum atomic E-state index is -0.929. The molecule has 0 unspecified atom stereocenters. The van der Waals surface area contributed by atoms with E-state index in [0.29, 0.717) is 24.3 Å². The maximum atomic E-state index is 12.6. The van der Waals surface area contributed by atoms with Crippen LogP contribution in [0.15, 0.2) is 12.5 Å². The van der Waals surface area contributed by atoms with Gasteiger partial charge in [0, 0.05) is 19.3 Å². The molecule has 2 aromatic rings. The maximum Gasteiger partial charge on any atom is 0.305 e. The van der Waals surface area contributed by atoms with Crippen LogP contribution in [-0.2, 0) is 11.2 Å². The van der Waals surface area contributed by atoms with Gasteiger partial charge >= 0.3 is 5.97 Å². The van der Waals surface area contributed by atoms with E-state index in [2.05, 4.69) is 15.1 Å². The largest absolute Gasteiger partial charge is 0.481 e. The van der Waals surface area contributed by atoms with Crippen LogP contribution in [-0.4, -0.2) is 54.6 Å². The van der Waals surface area contributed by atoms with Crippen LogP contribution in [0.2, 0.25) is 0 Å². The van der Waals surface area contributed by atoms with Crippen molar-refractivity contribution in [3.05, 3.63) is 23.8 Å². The summed E-state index contributed by atoms with van der Waals surface area (Å²) >= 11 is 0. The molecule has 0 aliphatic carbocycles. The Morgan fingerprint density at radius 1 is 1.33 bits per heavy atom. The van der Waals surface area contributed by atoms with Crippen LogP contribution in [0, 0.1) is 0 Å². The molecule has 0 aliphatic rings. The summed E-state index contributed by atoms with van der Waals surface area (Å²) in [7, 11) is 0. The highest BCUT2D eigenvalue weighted by molar-refractivity contribution is 5.95. The molecule has 1 N–H and O–H groups in total. The van der Waals surface area contributed by atoms with E-state index in [0.717, 1.165) is 5.69 Å². The van der Waals surface area contributed by atoms with Crippen LogP contribution in [0.4, 0.5) is 0 Å². The van der Waals surface area contributed by atoms with Gasteiger partial charge in [-0.2, -0.15) is 10.1 Å². The van der Waals surface area contributed by atoms with Crippen molar-refractivity contribution >= 4 is 17.7 Å². The third-order valence-corrected chi connectivity index (χ3v) is 3.24. The molecule has 2 aromatic heterocycles. The van der Waals surface area contributed by atoms with Crippen molar-refractivity contribution in [2.75, 3.05) is 13.1 Å². The fourth-order valence-corrected chi connectivity index (χ4v) is 2.15. The van der Waals surface area contributed by atoms with Crippen molar-refractivity contribution < 1.29 is 14.7 Å². The molecule has 0 bridgehead atoms. The lowest BCUT2D eigenvalue weighted by atomic mass is 10.1. The first-order chi connectivity index (χ1) is 10.1. The van der Waals surface area contributed by atoms with E-state index in [1.54, 1.807) is 0 Å². The van der Waals surface area contributed by atoms with E-state index < -0.39 is 5.97 Å². The molecule has 1 amide bonds. The zero-order valence-corrected chi connectivity index (χ0v) is 12.0. The van der Waals surface area contributed by atoms with Crippen LogP contribution in [0.5, 0.6) is 0 Å². The Kier molecular flexibility index (Phi) is 4.46. The average Bonchev–Trinajstić information content (AvgIpc) is 2.94. The molecule has 2 rings (SSSR count). The first kappa shape index (κ1) is 14.9. The van der Waals surface area contributed by atoms with Gasteiger partial charge in [0.2, 0.25) is 0 Å². The van der Waals surface area contributed by atoms with Gasteiger partial charge in [0.1, 0.15) is 6.33 Å². The number of aryl methyl sites for hydroxylation is 1. The SMILES string of the molecule is CCc1c(C(=O)N(CC)CCC(=O)O)cnc2ncnn12. The molecule has 0 saturated carbocycles. The van der Waals surface area contributed by atoms with Gasteiger partial charge in [0.05, 0.1) is 17.7 Å². The minimum Gasteiger partial charge on any atom is -0.481 e. The molecule has 0 atom stereocenters. The lowest BCUT2D eigenvalue weighted by Crippen LogP contribution is -2.34. The smallest absolute Gasteiger partial charge is 0.305 e. The first-order valence-electron chi connectivity index (χ1n) is 6.77. The quantitative estimate of drug-likeness (QED) is 0.837. The minimum absolute atomic E-state index is 0.0833. The Labute approximate surface area is 121 Å². The number of hydrogen-bond donors (Lipinski definition) is 1. The summed E-state index contributed by atoms with van der Waals surface area (Å²) in [5.74, 6) is -0.723. The normalized spacial score (nSPS) is 10.8. The number of carboxylic acids is 1. The van der Waals surface area contributed by atoms with Gasteiger partial charge in [-0.1, -0.05) is 6.92 Å². The second-order valence-electron chi connectivity index (χ2n) is 4.47. The van der Waals surface area contributed by atoms with Gasteiger partial charge in [0.15, 0.2) is 0 Å². The van der Waals surface area contributed by atoms with Gasteiger partial charge in [-0.15, -0.1) is 0 Å². The van der Waals surface area contributed by atoms with E-state index in [9.17, 15) is 9.59 Å². The Bertz CT molecular complexity index is 667. The van der Waals surface area contributed by atoms with Crippen molar-refractivity contribution in [1.29, 1.82) is 0 Å². The molecule has 112 valence electrons. The molecular formula is C13H17N5O3. The number of carbonyl (C=O) groups is 2. The van der Waals surface area contributed by atoms with Crippen LogP contribution in [0.1, 0.15) is 36.3 Å². The van der Waals surface area contributed by atoms with Gasteiger partial charge in [-0.05, 0) is 13.3 Å². The predicted molar refractivity (Wildman–Crippen MR) is 74.0 cm³/mol. The molecule has 8 heteroatoms. The monoisotopic (exact) mass is 291 g/mol. The van der Waals surface area contributed by atoms with E-state index in [1.807, 2.05) is 13.8 Å². The molecule has 0 saturated heterocycles. The standard InChI is InChI=1S/C13H17N5O3/c1-3-10-9(7-14-13-15-8-16-18(10)13)12(21)17(4-2)6-5-11(19)20/h7-8H,3-6H2,1-2H3,(H,19,20). The van der Waals surface area contributed by atoms with Gasteiger partial charge in [-0.25, -0.2) is 9.50 Å². The second kappa shape index (κ2) is 6.29. The summed E-state index contributed by atoms with van der Waals surface area (Å²) in [6.07, 6.45) is 3.38. The fraction of sp³-hybridized carbons (Fsp3) is 0.462. The second-order valence-corrected chi connectivity index (χ2v) is 4.47. The van der Waals surface area contributed by atoms with E-state index in [-0.39, 0.29) is 18.9 Å². The zero-order valence-electron chi connectivity index (χ0n) is 12.0. The number of aromatic nitrogens is 4. The van der Waals surface area contributed by atoms with Crippen LogP contribution >= 0.6 is 0 Å². The van der Waals surface area contributed by atoms with Crippen LogP contribution in [0.3, 0.4) is 0 Å². The summed E-state index contributed by atoms with van der Waals surface area (Å²) < 4.78 is 1.54. The van der Waals surface area contributed by atoms with Crippen LogP contribution in [0.25, 0.3) is 5.78 Å². The molecular weight excluding hydrogens is 274 g/mol. The van der Waals surface area contributed by atoms with Crippen LogP contribution < -0.4 is 0 Å². The first-order valence-corrected chi connectivity index (χ1v) is 6.77. The molecule has 21 heavy (non-hydrogen) atoms. The Balaban J connectivity index is 2.34. The van der Waals surface area contributed by atoms with E-state index in [1.165, 1.54) is 21.9 Å². The molecule has 0 radical (unpaired) electrons. The number of hydrogen-bond acceptors (Lipinski definition) is 5. The fourth-order valence-electron chi connectivity index (χ4n) is 2.15. The molecule has 0 aliphatic heterocycles. The average molecular weight is 291 g/mol. The number of fused-ring (bicyclic) bond motifs is 1. The summed E-state index contributed by atoms with van der Waals surface area (Å²) in [6, 6.07) is 0. The summed E-state index contributed by atoms with van der Waals surface area (Å²) in [5, 5.41) is 12.8. The maximum absolute atomic E-state index is 12.6. The van der Waals surface area contributed by atoms with Crippen molar-refractivity contribution in [1.82, 2.24) is 24.5 Å². The summed E-state index contributed by atoms with van der Waals surface area (Å²) in [5.41, 5.74) is 1.15. The summed E-state index contributed by atoms with van der Waals surface area (Å²) in [6.45, 7) is 4.33. The number of carboxylic acid groups (broad SMARTS) is 1. The molecule has 0 aromatic carbocycles. The van der Waals surface area contributed by atoms with Gasteiger partial charge in [-0.3, -0.25) is 9.59 Å². The number of nitrogens with zero attached hydrogens (tertiary/aromatic N) is 5. The Hall–Kier alpha value is -2.51. The molecule has 8 nitrogen and oxygen atoms in total. The predicted octanol–water partition coefficient (Wildman–Crippen LogP) is 0.623. The number of rotatable bonds is 6. The Morgan fingerprint density at radius 3 is 2.71 bits per heavy atom. The summed E-state index contributed by atoms with van der Waals surface area (Å²) in [4.78, 5) is 32.8. The van der Waals surface area contributed by atoms with Crippen molar-refractivity contribution in [2.45, 2.75) is 26.7 Å². The van der Waals surface area contributed by atoms with Crippen molar-refractivity contribution in [3.63, 3.8) is 0 Å². The molecule has 0 fully saturated rings. The lowest BCUT2D eigenvalue weighted by molar-refractivity contribution is -0.137. The van der Waals surface area contributed by atoms with Crippen molar-refractivity contribution in [3.8, 4) is 0 Å². The van der Waals surface area contributed by atoms with Gasteiger partial charge < -0.3 is 10.0 Å². The number of carbonyl (C=O) groups excluding carboxylic acids is 1. The highest BCUT2D eigenvalue weighted by Crippen LogP contribution is 2.13. The number of aliphatic carboxylic acids is 1. The highest BCUT2D eigenvalue weighted by Gasteiger charge is 2.20. The third kappa shape index (κ3) is 2.99.